The molecule has 1 unspecified atom stereocenters. The summed E-state index contributed by atoms with van der Waals surface area (Å²) >= 11 is 12.0. The van der Waals surface area contributed by atoms with Crippen LogP contribution in [-0.2, 0) is 4.79 Å². The molecule has 3 rings (SSSR count). The molecule has 156 valence electrons. The van der Waals surface area contributed by atoms with Gasteiger partial charge in [-0.15, -0.1) is 0 Å². The minimum absolute atomic E-state index is 0.157. The molecule has 0 bridgehead atoms. The van der Waals surface area contributed by atoms with Crippen molar-refractivity contribution in [2.75, 3.05) is 13.2 Å². The van der Waals surface area contributed by atoms with Crippen LogP contribution in [0.2, 0.25) is 10.0 Å². The van der Waals surface area contributed by atoms with E-state index in [0.29, 0.717) is 25.3 Å². The first kappa shape index (κ1) is 21.9. The van der Waals surface area contributed by atoms with Gasteiger partial charge in [0.25, 0.3) is 5.91 Å². The Kier molecular flexibility index (Phi) is 7.49. The number of nitrogens with zero attached hydrogens (tertiary/aromatic N) is 1. The van der Waals surface area contributed by atoms with E-state index in [2.05, 4.69) is 15.6 Å². The van der Waals surface area contributed by atoms with Crippen LogP contribution < -0.4 is 15.4 Å². The van der Waals surface area contributed by atoms with Gasteiger partial charge in [-0.25, -0.2) is 0 Å². The van der Waals surface area contributed by atoms with E-state index in [-0.39, 0.29) is 21.5 Å². The quantitative estimate of drug-likeness (QED) is 0.508. The van der Waals surface area contributed by atoms with Crippen molar-refractivity contribution >= 4 is 45.9 Å². The van der Waals surface area contributed by atoms with Crippen molar-refractivity contribution < 1.29 is 14.3 Å². The number of pyridine rings is 1. The highest BCUT2D eigenvalue weighted by atomic mass is 35.5. The summed E-state index contributed by atoms with van der Waals surface area (Å²) in [6.07, 6.45) is 2.33. The molecule has 1 aromatic heterocycles. The zero-order chi connectivity index (χ0) is 21.5. The molecular formula is C22H21Cl2N3O3. The molecule has 0 spiro atoms. The Morgan fingerprint density at radius 1 is 1.10 bits per heavy atom. The van der Waals surface area contributed by atoms with Crippen molar-refractivity contribution in [3.63, 3.8) is 0 Å². The fraction of sp³-hybridized carbons (Fsp3) is 0.227. The Balaban J connectivity index is 1.43. The lowest BCUT2D eigenvalue weighted by Crippen LogP contribution is -2.45. The van der Waals surface area contributed by atoms with Gasteiger partial charge in [0.15, 0.2) is 0 Å². The first-order chi connectivity index (χ1) is 14.5. The molecule has 3 aromatic rings. The summed E-state index contributed by atoms with van der Waals surface area (Å²) in [5.41, 5.74) is 1.03. The van der Waals surface area contributed by atoms with E-state index in [9.17, 15) is 9.59 Å². The Morgan fingerprint density at radius 2 is 1.87 bits per heavy atom. The van der Waals surface area contributed by atoms with E-state index < -0.39 is 11.9 Å². The number of hydrogen-bond donors (Lipinski definition) is 2. The zero-order valence-electron chi connectivity index (χ0n) is 16.3. The highest BCUT2D eigenvalue weighted by molar-refractivity contribution is 6.43. The topological polar surface area (TPSA) is 80.3 Å². The second kappa shape index (κ2) is 10.3. The van der Waals surface area contributed by atoms with Crippen LogP contribution in [0.1, 0.15) is 23.7 Å². The van der Waals surface area contributed by atoms with Gasteiger partial charge < -0.3 is 15.4 Å². The van der Waals surface area contributed by atoms with Gasteiger partial charge in [-0.1, -0.05) is 47.5 Å². The SMILES string of the molecule is CC(NC(=O)c1cccc(Cl)c1Cl)C(=O)NCCCOc1cccc2cccnc12. The third-order valence-electron chi connectivity index (χ3n) is 4.41. The summed E-state index contributed by atoms with van der Waals surface area (Å²) < 4.78 is 5.80. The number of para-hydroxylation sites is 1. The van der Waals surface area contributed by atoms with E-state index in [1.807, 2.05) is 30.3 Å². The van der Waals surface area contributed by atoms with Crippen LogP contribution in [-0.4, -0.2) is 36.0 Å². The largest absolute Gasteiger partial charge is 0.491 e. The molecular weight excluding hydrogens is 425 g/mol. The lowest BCUT2D eigenvalue weighted by Gasteiger charge is -2.15. The fourth-order valence-electron chi connectivity index (χ4n) is 2.83. The number of rotatable bonds is 8. The molecule has 30 heavy (non-hydrogen) atoms. The highest BCUT2D eigenvalue weighted by Gasteiger charge is 2.18. The van der Waals surface area contributed by atoms with E-state index in [1.165, 1.54) is 0 Å². The van der Waals surface area contributed by atoms with Crippen molar-refractivity contribution in [1.82, 2.24) is 15.6 Å². The molecule has 0 aliphatic heterocycles. The van der Waals surface area contributed by atoms with Crippen LogP contribution >= 0.6 is 23.2 Å². The molecule has 0 radical (unpaired) electrons. The maximum absolute atomic E-state index is 12.3. The third kappa shape index (κ3) is 5.40. The second-order valence-electron chi connectivity index (χ2n) is 6.62. The summed E-state index contributed by atoms with van der Waals surface area (Å²) in [7, 11) is 0. The number of amides is 2. The number of benzene rings is 2. The van der Waals surface area contributed by atoms with Gasteiger partial charge in [0.1, 0.15) is 17.3 Å². The molecule has 2 amide bonds. The van der Waals surface area contributed by atoms with Crippen molar-refractivity contribution in [1.29, 1.82) is 0 Å². The minimum atomic E-state index is -0.726. The van der Waals surface area contributed by atoms with Crippen LogP contribution in [0.25, 0.3) is 10.9 Å². The van der Waals surface area contributed by atoms with Crippen molar-refractivity contribution in [3.05, 3.63) is 70.3 Å². The van der Waals surface area contributed by atoms with Gasteiger partial charge in [0.2, 0.25) is 5.91 Å². The number of hydrogen-bond acceptors (Lipinski definition) is 4. The third-order valence-corrected chi connectivity index (χ3v) is 5.23. The molecule has 0 aliphatic rings. The number of carbonyl (C=O) groups is 2. The molecule has 0 aliphatic carbocycles. The Bertz CT molecular complexity index is 1050. The second-order valence-corrected chi connectivity index (χ2v) is 7.41. The predicted octanol–water partition coefficient (Wildman–Crippen LogP) is 4.25. The van der Waals surface area contributed by atoms with Gasteiger partial charge >= 0.3 is 0 Å². The lowest BCUT2D eigenvalue weighted by molar-refractivity contribution is -0.122. The number of halogens is 2. The summed E-state index contributed by atoms with van der Waals surface area (Å²) in [6, 6.07) is 13.6. The fourth-order valence-corrected chi connectivity index (χ4v) is 3.22. The van der Waals surface area contributed by atoms with Gasteiger partial charge in [-0.2, -0.15) is 0 Å². The summed E-state index contributed by atoms with van der Waals surface area (Å²) in [5.74, 6) is -0.0521. The molecule has 0 saturated heterocycles. The van der Waals surface area contributed by atoms with Crippen LogP contribution in [0.3, 0.4) is 0 Å². The minimum Gasteiger partial charge on any atom is -0.491 e. The van der Waals surface area contributed by atoms with Gasteiger partial charge in [-0.3, -0.25) is 14.6 Å². The van der Waals surface area contributed by atoms with Crippen LogP contribution in [0.4, 0.5) is 0 Å². The molecule has 8 heteroatoms. The average molecular weight is 446 g/mol. The molecule has 2 N–H and O–H groups in total. The van der Waals surface area contributed by atoms with Gasteiger partial charge in [-0.05, 0) is 37.6 Å². The van der Waals surface area contributed by atoms with Crippen LogP contribution in [0.5, 0.6) is 5.75 Å². The van der Waals surface area contributed by atoms with Gasteiger partial charge in [0.05, 0.1) is 22.2 Å². The Labute approximate surface area is 184 Å². The van der Waals surface area contributed by atoms with E-state index in [0.717, 1.165) is 10.9 Å². The highest BCUT2D eigenvalue weighted by Crippen LogP contribution is 2.25. The zero-order valence-corrected chi connectivity index (χ0v) is 17.8. The first-order valence-electron chi connectivity index (χ1n) is 9.46. The summed E-state index contributed by atoms with van der Waals surface area (Å²) in [5, 5.41) is 6.84. The molecule has 1 atom stereocenters. The van der Waals surface area contributed by atoms with Crippen molar-refractivity contribution in [2.45, 2.75) is 19.4 Å². The lowest BCUT2D eigenvalue weighted by atomic mass is 10.2. The number of ether oxygens (including phenoxy) is 1. The standard InChI is InChI=1S/C22H21Cl2N3O3/c1-14(27-22(29)16-8-3-9-17(23)19(16)24)21(28)26-12-5-13-30-18-10-2-6-15-7-4-11-25-20(15)18/h2-4,6-11,14H,5,12-13H2,1H3,(H,26,28)(H,27,29). The monoisotopic (exact) mass is 445 g/mol. The first-order valence-corrected chi connectivity index (χ1v) is 10.2. The number of nitrogens with one attached hydrogen (secondary N) is 2. The van der Waals surface area contributed by atoms with Crippen molar-refractivity contribution in [3.8, 4) is 5.75 Å². The van der Waals surface area contributed by atoms with E-state index in [1.54, 1.807) is 31.3 Å². The van der Waals surface area contributed by atoms with Gasteiger partial charge in [0, 0.05) is 18.1 Å². The maximum atomic E-state index is 12.3. The smallest absolute Gasteiger partial charge is 0.253 e. The van der Waals surface area contributed by atoms with Crippen molar-refractivity contribution in [2.24, 2.45) is 0 Å². The maximum Gasteiger partial charge on any atom is 0.253 e. The normalized spacial score (nSPS) is 11.7. The number of carbonyl (C=O) groups excluding carboxylic acids is 2. The van der Waals surface area contributed by atoms with Crippen LogP contribution in [0, 0.1) is 0 Å². The Morgan fingerprint density at radius 3 is 2.70 bits per heavy atom. The Hall–Kier alpha value is -2.83. The number of aromatic nitrogens is 1. The molecule has 6 nitrogen and oxygen atoms in total. The predicted molar refractivity (Wildman–Crippen MR) is 118 cm³/mol. The molecule has 2 aromatic carbocycles. The molecule has 0 saturated carbocycles. The average Bonchev–Trinajstić information content (AvgIpc) is 2.75. The van der Waals surface area contributed by atoms with Crippen LogP contribution in [0.15, 0.2) is 54.7 Å². The summed E-state index contributed by atoms with van der Waals surface area (Å²) in [4.78, 5) is 28.9. The number of fused-ring (bicyclic) bond motifs is 1. The van der Waals surface area contributed by atoms with E-state index >= 15 is 0 Å². The molecule has 0 fully saturated rings. The molecule has 1 heterocycles. The van der Waals surface area contributed by atoms with E-state index in [4.69, 9.17) is 27.9 Å². The summed E-state index contributed by atoms with van der Waals surface area (Å²) in [6.45, 7) is 2.44.